The van der Waals surface area contributed by atoms with Crippen LogP contribution in [0.3, 0.4) is 0 Å². The summed E-state index contributed by atoms with van der Waals surface area (Å²) < 4.78 is 19.2. The van der Waals surface area contributed by atoms with E-state index in [1.54, 1.807) is 18.2 Å². The van der Waals surface area contributed by atoms with Crippen LogP contribution in [0.4, 0.5) is 4.39 Å². The minimum Gasteiger partial charge on any atom is -0.494 e. The van der Waals surface area contributed by atoms with Crippen LogP contribution in [0.1, 0.15) is 28.6 Å². The van der Waals surface area contributed by atoms with Crippen molar-refractivity contribution in [2.24, 2.45) is 5.73 Å². The van der Waals surface area contributed by atoms with Gasteiger partial charge in [0.1, 0.15) is 0 Å². The van der Waals surface area contributed by atoms with Gasteiger partial charge in [-0.25, -0.2) is 4.39 Å². The highest BCUT2D eigenvalue weighted by Crippen LogP contribution is 2.28. The number of hydrogen-bond acceptors (Lipinski definition) is 3. The number of nitrogens with zero attached hydrogens (tertiary/aromatic N) is 1. The van der Waals surface area contributed by atoms with Crippen LogP contribution in [0.15, 0.2) is 30.3 Å². The van der Waals surface area contributed by atoms with Gasteiger partial charge in [0.2, 0.25) is 0 Å². The molecule has 0 aliphatic rings. The Hall–Kier alpha value is -1.94. The van der Waals surface area contributed by atoms with E-state index < -0.39 is 11.9 Å². The Morgan fingerprint density at radius 2 is 1.89 bits per heavy atom. The third kappa shape index (κ3) is 2.58. The van der Waals surface area contributed by atoms with Crippen molar-refractivity contribution in [2.75, 3.05) is 7.11 Å². The zero-order chi connectivity index (χ0) is 14.0. The molecule has 100 valence electrons. The summed E-state index contributed by atoms with van der Waals surface area (Å²) in [4.78, 5) is 4.36. The van der Waals surface area contributed by atoms with Crippen molar-refractivity contribution in [3.63, 3.8) is 0 Å². The molecule has 0 spiro atoms. The van der Waals surface area contributed by atoms with E-state index in [4.69, 9.17) is 10.5 Å². The van der Waals surface area contributed by atoms with Crippen molar-refractivity contribution in [1.82, 2.24) is 4.98 Å². The number of pyridine rings is 1. The van der Waals surface area contributed by atoms with Gasteiger partial charge < -0.3 is 10.5 Å². The molecule has 4 heteroatoms. The van der Waals surface area contributed by atoms with Gasteiger partial charge in [-0.05, 0) is 31.5 Å². The van der Waals surface area contributed by atoms with Gasteiger partial charge in [-0.1, -0.05) is 18.2 Å². The van der Waals surface area contributed by atoms with E-state index in [0.29, 0.717) is 5.56 Å². The molecule has 1 heterocycles. The molecule has 3 nitrogen and oxygen atoms in total. The number of aromatic nitrogens is 1. The summed E-state index contributed by atoms with van der Waals surface area (Å²) in [6.45, 7) is 3.79. The summed E-state index contributed by atoms with van der Waals surface area (Å²) in [5.74, 6) is -0.219. The largest absolute Gasteiger partial charge is 0.494 e. The van der Waals surface area contributed by atoms with Gasteiger partial charge in [-0.2, -0.15) is 0 Å². The SMILES string of the molecule is COc1cccc(C(N)c2ccc(C)nc2C)c1F. The van der Waals surface area contributed by atoms with Gasteiger partial charge in [-0.15, -0.1) is 0 Å². The Morgan fingerprint density at radius 3 is 2.53 bits per heavy atom. The molecule has 0 amide bonds. The van der Waals surface area contributed by atoms with Gasteiger partial charge in [0, 0.05) is 17.0 Å². The monoisotopic (exact) mass is 260 g/mol. The smallest absolute Gasteiger partial charge is 0.170 e. The lowest BCUT2D eigenvalue weighted by Gasteiger charge is -2.17. The quantitative estimate of drug-likeness (QED) is 0.923. The van der Waals surface area contributed by atoms with Crippen LogP contribution in [0.2, 0.25) is 0 Å². The third-order valence-electron chi connectivity index (χ3n) is 3.15. The lowest BCUT2D eigenvalue weighted by Crippen LogP contribution is -2.16. The van der Waals surface area contributed by atoms with Crippen LogP contribution >= 0.6 is 0 Å². The number of methoxy groups -OCH3 is 1. The first-order chi connectivity index (χ1) is 9.04. The summed E-state index contributed by atoms with van der Waals surface area (Å²) in [5, 5.41) is 0. The topological polar surface area (TPSA) is 48.1 Å². The summed E-state index contributed by atoms with van der Waals surface area (Å²) in [5.41, 5.74) is 9.11. The number of aryl methyl sites for hydroxylation is 2. The summed E-state index contributed by atoms with van der Waals surface area (Å²) in [6.07, 6.45) is 0. The molecule has 0 saturated carbocycles. The zero-order valence-electron chi connectivity index (χ0n) is 11.3. The molecule has 1 aromatic carbocycles. The Labute approximate surface area is 112 Å². The Kier molecular flexibility index (Phi) is 3.81. The van der Waals surface area contributed by atoms with Crippen molar-refractivity contribution < 1.29 is 9.13 Å². The highest BCUT2D eigenvalue weighted by atomic mass is 19.1. The average Bonchev–Trinajstić information content (AvgIpc) is 2.38. The summed E-state index contributed by atoms with van der Waals surface area (Å²) in [6, 6.07) is 8.19. The van der Waals surface area contributed by atoms with Crippen molar-refractivity contribution in [1.29, 1.82) is 0 Å². The zero-order valence-corrected chi connectivity index (χ0v) is 11.3. The average molecular weight is 260 g/mol. The number of nitrogens with two attached hydrogens (primary N) is 1. The van der Waals surface area contributed by atoms with Gasteiger partial charge in [0.25, 0.3) is 0 Å². The molecule has 19 heavy (non-hydrogen) atoms. The fraction of sp³-hybridized carbons (Fsp3) is 0.267. The minimum absolute atomic E-state index is 0.200. The molecule has 2 N–H and O–H groups in total. The van der Waals surface area contributed by atoms with Crippen LogP contribution in [-0.4, -0.2) is 12.1 Å². The second-order valence-electron chi connectivity index (χ2n) is 4.47. The number of halogens is 1. The van der Waals surface area contributed by atoms with Gasteiger partial charge in [-0.3, -0.25) is 4.98 Å². The molecule has 0 bridgehead atoms. The van der Waals surface area contributed by atoms with E-state index in [0.717, 1.165) is 17.0 Å². The molecule has 0 aliphatic heterocycles. The normalized spacial score (nSPS) is 12.3. The maximum atomic E-state index is 14.2. The first-order valence-electron chi connectivity index (χ1n) is 6.06. The minimum atomic E-state index is -0.553. The molecule has 1 aromatic heterocycles. The molecule has 1 unspecified atom stereocenters. The van der Waals surface area contributed by atoms with Gasteiger partial charge >= 0.3 is 0 Å². The predicted octanol–water partition coefficient (Wildman–Crippen LogP) is 2.89. The van der Waals surface area contributed by atoms with Gasteiger partial charge in [0.15, 0.2) is 11.6 Å². The molecule has 2 rings (SSSR count). The second kappa shape index (κ2) is 5.36. The molecular formula is C15H17FN2O. The van der Waals surface area contributed by atoms with E-state index in [9.17, 15) is 4.39 Å². The Morgan fingerprint density at radius 1 is 1.16 bits per heavy atom. The lowest BCUT2D eigenvalue weighted by atomic mass is 9.97. The molecule has 0 aliphatic carbocycles. The molecule has 0 radical (unpaired) electrons. The summed E-state index contributed by atoms with van der Waals surface area (Å²) >= 11 is 0. The van der Waals surface area contributed by atoms with E-state index >= 15 is 0 Å². The highest BCUT2D eigenvalue weighted by molar-refractivity contribution is 5.39. The Bertz CT molecular complexity index is 599. The first-order valence-corrected chi connectivity index (χ1v) is 6.06. The predicted molar refractivity (Wildman–Crippen MR) is 72.7 cm³/mol. The Balaban J connectivity index is 2.47. The van der Waals surface area contributed by atoms with Crippen molar-refractivity contribution in [3.05, 3.63) is 58.7 Å². The second-order valence-corrected chi connectivity index (χ2v) is 4.47. The van der Waals surface area contributed by atoms with Crippen LogP contribution in [-0.2, 0) is 0 Å². The van der Waals surface area contributed by atoms with Crippen LogP contribution in [0.25, 0.3) is 0 Å². The van der Waals surface area contributed by atoms with Crippen molar-refractivity contribution >= 4 is 0 Å². The lowest BCUT2D eigenvalue weighted by molar-refractivity contribution is 0.383. The van der Waals surface area contributed by atoms with Crippen molar-refractivity contribution in [2.45, 2.75) is 19.9 Å². The fourth-order valence-corrected chi connectivity index (χ4v) is 2.12. The van der Waals surface area contributed by atoms with Crippen LogP contribution in [0, 0.1) is 19.7 Å². The van der Waals surface area contributed by atoms with E-state index in [1.807, 2.05) is 26.0 Å². The van der Waals surface area contributed by atoms with Crippen molar-refractivity contribution in [3.8, 4) is 5.75 Å². The number of ether oxygens (including phenoxy) is 1. The molecule has 0 fully saturated rings. The number of hydrogen-bond donors (Lipinski definition) is 1. The standard InChI is InChI=1S/C15H17FN2O/c1-9-7-8-11(10(2)18-9)15(17)12-5-4-6-13(19-3)14(12)16/h4-8,15H,17H2,1-3H3. The third-order valence-corrected chi connectivity index (χ3v) is 3.15. The van der Waals surface area contributed by atoms with Crippen LogP contribution in [0.5, 0.6) is 5.75 Å². The number of rotatable bonds is 3. The molecule has 2 aromatic rings. The highest BCUT2D eigenvalue weighted by Gasteiger charge is 2.18. The van der Waals surface area contributed by atoms with E-state index in [-0.39, 0.29) is 5.75 Å². The van der Waals surface area contributed by atoms with Gasteiger partial charge in [0.05, 0.1) is 13.2 Å². The maximum absolute atomic E-state index is 14.2. The maximum Gasteiger partial charge on any atom is 0.170 e. The molecule has 0 saturated heterocycles. The first kappa shape index (κ1) is 13.5. The van der Waals surface area contributed by atoms with E-state index in [2.05, 4.69) is 4.98 Å². The molecular weight excluding hydrogens is 243 g/mol. The van der Waals surface area contributed by atoms with Crippen LogP contribution < -0.4 is 10.5 Å². The summed E-state index contributed by atoms with van der Waals surface area (Å²) in [7, 11) is 1.44. The number of benzene rings is 1. The fourth-order valence-electron chi connectivity index (χ4n) is 2.12. The van der Waals surface area contributed by atoms with E-state index in [1.165, 1.54) is 7.11 Å². The molecule has 1 atom stereocenters.